The lowest BCUT2D eigenvalue weighted by molar-refractivity contribution is -0.129. The fraction of sp³-hybridized carbons (Fsp3) is 0.259. The van der Waals surface area contributed by atoms with Gasteiger partial charge in [0.15, 0.2) is 0 Å². The van der Waals surface area contributed by atoms with E-state index in [0.717, 1.165) is 30.9 Å². The Morgan fingerprint density at radius 2 is 1.54 bits per heavy atom. The maximum absolute atomic E-state index is 12.4. The minimum Gasteiger partial charge on any atom is -0.497 e. The van der Waals surface area contributed by atoms with E-state index in [1.807, 2.05) is 49.5 Å². The van der Waals surface area contributed by atoms with Gasteiger partial charge in [-0.2, -0.15) is 0 Å². The standard InChI is InChI=1S/C27H30N4O4/c1-19(32)30(2)23-15-16-31(18-23)22-11-7-20(8-12-22)28-27(33)29-21-9-13-24(14-10-21)35-26-6-4-5-25(17-26)34-3/h4-14,17,23H,15-16,18H2,1-3H3,(H2,28,29,33). The first-order valence-corrected chi connectivity index (χ1v) is 11.5. The molecule has 35 heavy (non-hydrogen) atoms. The zero-order valence-electron chi connectivity index (χ0n) is 20.2. The van der Waals surface area contributed by atoms with Crippen LogP contribution in [0.4, 0.5) is 21.9 Å². The summed E-state index contributed by atoms with van der Waals surface area (Å²) in [6.45, 7) is 3.30. The normalized spacial score (nSPS) is 14.8. The molecule has 1 aliphatic heterocycles. The van der Waals surface area contributed by atoms with Crippen LogP contribution in [-0.4, -0.2) is 50.1 Å². The summed E-state index contributed by atoms with van der Waals surface area (Å²) in [6, 6.07) is 22.1. The molecule has 8 nitrogen and oxygen atoms in total. The number of likely N-dealkylation sites (N-methyl/N-ethyl adjacent to an activating group) is 1. The third kappa shape index (κ3) is 6.23. The van der Waals surface area contributed by atoms with Crippen LogP contribution in [-0.2, 0) is 4.79 Å². The van der Waals surface area contributed by atoms with E-state index in [2.05, 4.69) is 15.5 Å². The molecule has 4 rings (SSSR count). The van der Waals surface area contributed by atoms with Gasteiger partial charge in [0.2, 0.25) is 5.91 Å². The van der Waals surface area contributed by atoms with Crippen LogP contribution in [0.1, 0.15) is 13.3 Å². The van der Waals surface area contributed by atoms with E-state index in [4.69, 9.17) is 9.47 Å². The Bertz CT molecular complexity index is 1160. The number of hydrogen-bond donors (Lipinski definition) is 2. The highest BCUT2D eigenvalue weighted by Gasteiger charge is 2.27. The predicted molar refractivity (Wildman–Crippen MR) is 138 cm³/mol. The summed E-state index contributed by atoms with van der Waals surface area (Å²) < 4.78 is 11.0. The summed E-state index contributed by atoms with van der Waals surface area (Å²) in [5.41, 5.74) is 2.41. The van der Waals surface area contributed by atoms with Crippen molar-refractivity contribution in [3.05, 3.63) is 72.8 Å². The number of methoxy groups -OCH3 is 1. The average molecular weight is 475 g/mol. The lowest BCUT2D eigenvalue weighted by Crippen LogP contribution is -2.37. The Morgan fingerprint density at radius 3 is 2.17 bits per heavy atom. The highest BCUT2D eigenvalue weighted by atomic mass is 16.5. The molecule has 0 bridgehead atoms. The van der Waals surface area contributed by atoms with Crippen molar-refractivity contribution in [3.63, 3.8) is 0 Å². The van der Waals surface area contributed by atoms with Gasteiger partial charge in [-0.3, -0.25) is 4.79 Å². The minimum absolute atomic E-state index is 0.0847. The fourth-order valence-corrected chi connectivity index (χ4v) is 4.01. The minimum atomic E-state index is -0.330. The molecule has 0 radical (unpaired) electrons. The smallest absolute Gasteiger partial charge is 0.323 e. The predicted octanol–water partition coefficient (Wildman–Crippen LogP) is 5.19. The summed E-state index contributed by atoms with van der Waals surface area (Å²) in [4.78, 5) is 28.1. The van der Waals surface area contributed by atoms with Crippen LogP contribution in [0.15, 0.2) is 72.8 Å². The molecule has 1 atom stereocenters. The van der Waals surface area contributed by atoms with Gasteiger partial charge in [0.05, 0.1) is 13.2 Å². The van der Waals surface area contributed by atoms with Crippen molar-refractivity contribution in [2.24, 2.45) is 0 Å². The molecule has 0 spiro atoms. The molecule has 1 fully saturated rings. The number of hydrogen-bond acceptors (Lipinski definition) is 5. The van der Waals surface area contributed by atoms with Gasteiger partial charge in [-0.25, -0.2) is 4.79 Å². The van der Waals surface area contributed by atoms with Gasteiger partial charge in [-0.1, -0.05) is 6.07 Å². The Morgan fingerprint density at radius 1 is 0.914 bits per heavy atom. The third-order valence-electron chi connectivity index (χ3n) is 6.09. The van der Waals surface area contributed by atoms with Crippen molar-refractivity contribution in [3.8, 4) is 17.2 Å². The quantitative estimate of drug-likeness (QED) is 0.493. The molecule has 2 N–H and O–H groups in total. The van der Waals surface area contributed by atoms with Gasteiger partial charge in [0, 0.05) is 50.2 Å². The molecular weight excluding hydrogens is 444 g/mol. The summed E-state index contributed by atoms with van der Waals surface area (Å²) in [5, 5.41) is 5.68. The summed E-state index contributed by atoms with van der Waals surface area (Å²) in [6.07, 6.45) is 0.946. The van der Waals surface area contributed by atoms with Crippen LogP contribution in [0, 0.1) is 0 Å². The van der Waals surface area contributed by atoms with Crippen LogP contribution in [0.25, 0.3) is 0 Å². The van der Waals surface area contributed by atoms with E-state index in [1.165, 1.54) is 0 Å². The second-order valence-corrected chi connectivity index (χ2v) is 8.45. The maximum Gasteiger partial charge on any atom is 0.323 e. The van der Waals surface area contributed by atoms with Crippen molar-refractivity contribution in [1.29, 1.82) is 0 Å². The number of benzene rings is 3. The number of nitrogens with zero attached hydrogens (tertiary/aromatic N) is 2. The van der Waals surface area contributed by atoms with E-state index < -0.39 is 0 Å². The van der Waals surface area contributed by atoms with Crippen LogP contribution in [0.2, 0.25) is 0 Å². The Labute approximate surface area is 205 Å². The number of carbonyl (C=O) groups is 2. The second kappa shape index (κ2) is 10.8. The maximum atomic E-state index is 12.4. The van der Waals surface area contributed by atoms with Crippen LogP contribution in [0.5, 0.6) is 17.2 Å². The number of carbonyl (C=O) groups excluding carboxylic acids is 2. The SMILES string of the molecule is COc1cccc(Oc2ccc(NC(=O)Nc3ccc(N4CCC(N(C)C(C)=O)C4)cc3)cc2)c1. The fourth-order valence-electron chi connectivity index (χ4n) is 4.01. The van der Waals surface area contributed by atoms with Gasteiger partial charge in [0.25, 0.3) is 0 Å². The monoisotopic (exact) mass is 474 g/mol. The molecule has 0 saturated carbocycles. The molecule has 0 aromatic heterocycles. The highest BCUT2D eigenvalue weighted by Crippen LogP contribution is 2.27. The molecule has 1 aliphatic rings. The molecular formula is C27H30N4O4. The molecule has 182 valence electrons. The summed E-state index contributed by atoms with van der Waals surface area (Å²) in [7, 11) is 3.46. The lowest BCUT2D eigenvalue weighted by atomic mass is 10.2. The number of anilines is 3. The van der Waals surface area contributed by atoms with E-state index in [-0.39, 0.29) is 18.0 Å². The molecule has 3 aromatic rings. The first kappa shape index (κ1) is 23.9. The first-order chi connectivity index (χ1) is 16.9. The zero-order chi connectivity index (χ0) is 24.8. The van der Waals surface area contributed by atoms with Gasteiger partial charge < -0.3 is 29.9 Å². The van der Waals surface area contributed by atoms with Crippen LogP contribution >= 0.6 is 0 Å². The van der Waals surface area contributed by atoms with E-state index in [0.29, 0.717) is 22.9 Å². The highest BCUT2D eigenvalue weighted by molar-refractivity contribution is 5.99. The number of rotatable bonds is 7. The summed E-state index contributed by atoms with van der Waals surface area (Å²) in [5.74, 6) is 2.12. The molecule has 1 unspecified atom stereocenters. The number of urea groups is 1. The van der Waals surface area contributed by atoms with Crippen molar-refractivity contribution >= 4 is 29.0 Å². The van der Waals surface area contributed by atoms with Gasteiger partial charge in [-0.05, 0) is 67.1 Å². The molecule has 8 heteroatoms. The molecule has 1 saturated heterocycles. The molecule has 3 amide bonds. The molecule has 1 heterocycles. The number of ether oxygens (including phenoxy) is 2. The van der Waals surface area contributed by atoms with Gasteiger partial charge >= 0.3 is 6.03 Å². The summed E-state index contributed by atoms with van der Waals surface area (Å²) >= 11 is 0. The number of nitrogens with one attached hydrogen (secondary N) is 2. The van der Waals surface area contributed by atoms with Crippen LogP contribution in [0.3, 0.4) is 0 Å². The molecule has 0 aliphatic carbocycles. The Kier molecular flexibility index (Phi) is 7.40. The number of amides is 3. The van der Waals surface area contributed by atoms with Crippen molar-refractivity contribution in [1.82, 2.24) is 4.90 Å². The lowest BCUT2D eigenvalue weighted by Gasteiger charge is -2.24. The largest absolute Gasteiger partial charge is 0.497 e. The molecule has 3 aromatic carbocycles. The van der Waals surface area contributed by atoms with Crippen molar-refractivity contribution in [2.75, 3.05) is 42.8 Å². The Hall–Kier alpha value is -4.20. The average Bonchev–Trinajstić information content (AvgIpc) is 3.35. The van der Waals surface area contributed by atoms with Crippen molar-refractivity contribution < 1.29 is 19.1 Å². The van der Waals surface area contributed by atoms with Gasteiger partial charge in [0.1, 0.15) is 17.2 Å². The topological polar surface area (TPSA) is 83.1 Å². The van der Waals surface area contributed by atoms with E-state index in [1.54, 1.807) is 49.3 Å². The zero-order valence-corrected chi connectivity index (χ0v) is 20.2. The Balaban J connectivity index is 1.28. The van der Waals surface area contributed by atoms with E-state index >= 15 is 0 Å². The van der Waals surface area contributed by atoms with E-state index in [9.17, 15) is 9.59 Å². The third-order valence-corrected chi connectivity index (χ3v) is 6.09. The van der Waals surface area contributed by atoms with Crippen molar-refractivity contribution in [2.45, 2.75) is 19.4 Å². The first-order valence-electron chi connectivity index (χ1n) is 11.5. The van der Waals surface area contributed by atoms with Crippen LogP contribution < -0.4 is 25.0 Å². The van der Waals surface area contributed by atoms with Gasteiger partial charge in [-0.15, -0.1) is 0 Å². The second-order valence-electron chi connectivity index (χ2n) is 8.45.